The lowest BCUT2D eigenvalue weighted by Crippen LogP contribution is -2.34. The lowest BCUT2D eigenvalue weighted by Gasteiger charge is -2.12. The Labute approximate surface area is 118 Å². The summed E-state index contributed by atoms with van der Waals surface area (Å²) in [5.74, 6) is 0. The van der Waals surface area contributed by atoms with Gasteiger partial charge in [-0.15, -0.1) is 0 Å². The van der Waals surface area contributed by atoms with Gasteiger partial charge < -0.3 is 9.84 Å². The fourth-order valence-electron chi connectivity index (χ4n) is 1.96. The average Bonchev–Trinajstić information content (AvgIpc) is 2.45. The number of methoxy groups -OCH3 is 1. The molecular weight excluding hydrogens is 278 g/mol. The van der Waals surface area contributed by atoms with Gasteiger partial charge in [-0.25, -0.2) is 13.1 Å². The van der Waals surface area contributed by atoms with E-state index in [0.29, 0.717) is 5.39 Å². The van der Waals surface area contributed by atoms with E-state index in [-0.39, 0.29) is 18.0 Å². The summed E-state index contributed by atoms with van der Waals surface area (Å²) < 4.78 is 31.7. The number of ether oxygens (including phenoxy) is 1. The molecule has 2 aromatic carbocycles. The van der Waals surface area contributed by atoms with Crippen molar-refractivity contribution in [2.75, 3.05) is 20.3 Å². The fourth-order valence-corrected chi connectivity index (χ4v) is 3.27. The lowest BCUT2D eigenvalue weighted by atomic mass is 10.1. The second-order valence-corrected chi connectivity index (χ2v) is 6.17. The topological polar surface area (TPSA) is 75.6 Å². The molecule has 0 heterocycles. The maximum absolute atomic E-state index is 12.3. The summed E-state index contributed by atoms with van der Waals surface area (Å²) in [6.45, 7) is -0.00253. The third kappa shape index (κ3) is 3.34. The molecule has 20 heavy (non-hydrogen) atoms. The van der Waals surface area contributed by atoms with Crippen molar-refractivity contribution in [1.29, 1.82) is 0 Å². The Balaban J connectivity index is 2.28. The van der Waals surface area contributed by atoms with Gasteiger partial charge in [0.1, 0.15) is 0 Å². The Morgan fingerprint density at radius 3 is 2.65 bits per heavy atom. The molecule has 0 saturated heterocycles. The first-order valence-electron chi connectivity index (χ1n) is 6.19. The van der Waals surface area contributed by atoms with Crippen molar-refractivity contribution in [3.8, 4) is 0 Å². The molecule has 1 unspecified atom stereocenters. The second kappa shape index (κ2) is 6.32. The zero-order valence-electron chi connectivity index (χ0n) is 11.1. The van der Waals surface area contributed by atoms with Gasteiger partial charge in [0, 0.05) is 19.0 Å². The van der Waals surface area contributed by atoms with Gasteiger partial charge in [-0.3, -0.25) is 0 Å². The summed E-state index contributed by atoms with van der Waals surface area (Å²) in [5.41, 5.74) is 0. The van der Waals surface area contributed by atoms with Crippen molar-refractivity contribution >= 4 is 20.8 Å². The van der Waals surface area contributed by atoms with E-state index < -0.39 is 16.1 Å². The smallest absolute Gasteiger partial charge is 0.241 e. The van der Waals surface area contributed by atoms with E-state index in [0.717, 1.165) is 5.39 Å². The third-order valence-corrected chi connectivity index (χ3v) is 4.39. The zero-order chi connectivity index (χ0) is 14.6. The number of sulfonamides is 1. The Morgan fingerprint density at radius 2 is 1.90 bits per heavy atom. The molecule has 6 heteroatoms. The molecule has 0 aliphatic rings. The highest BCUT2D eigenvalue weighted by Gasteiger charge is 2.18. The van der Waals surface area contributed by atoms with Crippen molar-refractivity contribution in [3.05, 3.63) is 42.5 Å². The summed E-state index contributed by atoms with van der Waals surface area (Å²) in [6, 6.07) is 12.4. The number of nitrogens with one attached hydrogen (secondary N) is 1. The highest BCUT2D eigenvalue weighted by atomic mass is 32.2. The van der Waals surface area contributed by atoms with Crippen LogP contribution in [0.1, 0.15) is 0 Å². The number of fused-ring (bicyclic) bond motifs is 1. The SMILES string of the molecule is COCC(O)CNS(=O)(=O)c1cccc2ccccc12. The average molecular weight is 295 g/mol. The Hall–Kier alpha value is -1.47. The monoisotopic (exact) mass is 295 g/mol. The van der Waals surface area contributed by atoms with Crippen molar-refractivity contribution in [2.24, 2.45) is 0 Å². The van der Waals surface area contributed by atoms with Crippen LogP contribution in [0.2, 0.25) is 0 Å². The summed E-state index contributed by atoms with van der Waals surface area (Å²) in [7, 11) is -2.22. The summed E-state index contributed by atoms with van der Waals surface area (Å²) >= 11 is 0. The number of rotatable bonds is 6. The van der Waals surface area contributed by atoms with E-state index in [1.807, 2.05) is 18.2 Å². The van der Waals surface area contributed by atoms with Crippen molar-refractivity contribution in [3.63, 3.8) is 0 Å². The molecule has 0 saturated carbocycles. The van der Waals surface area contributed by atoms with E-state index in [1.54, 1.807) is 24.3 Å². The fraction of sp³-hybridized carbons (Fsp3) is 0.286. The van der Waals surface area contributed by atoms with Crippen LogP contribution >= 0.6 is 0 Å². The molecule has 0 radical (unpaired) electrons. The Kier molecular flexibility index (Phi) is 4.72. The first-order valence-corrected chi connectivity index (χ1v) is 7.67. The predicted molar refractivity (Wildman–Crippen MR) is 77.0 cm³/mol. The van der Waals surface area contributed by atoms with Crippen LogP contribution in [0.4, 0.5) is 0 Å². The van der Waals surface area contributed by atoms with Gasteiger partial charge in [0.25, 0.3) is 0 Å². The molecule has 0 aliphatic heterocycles. The summed E-state index contributed by atoms with van der Waals surface area (Å²) in [4.78, 5) is 0.209. The summed E-state index contributed by atoms with van der Waals surface area (Å²) in [5, 5.41) is 11.0. The minimum Gasteiger partial charge on any atom is -0.389 e. The van der Waals surface area contributed by atoms with E-state index in [1.165, 1.54) is 7.11 Å². The molecule has 2 aromatic rings. The molecule has 0 spiro atoms. The summed E-state index contributed by atoms with van der Waals surface area (Å²) in [6.07, 6.45) is -0.871. The van der Waals surface area contributed by atoms with Crippen molar-refractivity contribution in [1.82, 2.24) is 4.72 Å². The van der Waals surface area contributed by atoms with Crippen LogP contribution in [0.3, 0.4) is 0 Å². The van der Waals surface area contributed by atoms with E-state index in [2.05, 4.69) is 4.72 Å². The molecule has 2 N–H and O–H groups in total. The molecule has 0 amide bonds. The Bertz CT molecular complexity index is 679. The standard InChI is InChI=1S/C14H17NO4S/c1-19-10-12(16)9-15-20(17,18)14-8-4-6-11-5-2-3-7-13(11)14/h2-8,12,15-16H,9-10H2,1H3. The van der Waals surface area contributed by atoms with E-state index >= 15 is 0 Å². The van der Waals surface area contributed by atoms with Crippen LogP contribution in [-0.2, 0) is 14.8 Å². The Morgan fingerprint density at radius 1 is 1.20 bits per heavy atom. The first kappa shape index (κ1) is 14.9. The van der Waals surface area contributed by atoms with Crippen LogP contribution in [0.15, 0.2) is 47.4 Å². The first-order chi connectivity index (χ1) is 9.54. The maximum atomic E-state index is 12.3. The van der Waals surface area contributed by atoms with Crippen LogP contribution in [0.5, 0.6) is 0 Å². The molecule has 1 atom stereocenters. The third-order valence-electron chi connectivity index (χ3n) is 2.91. The molecule has 5 nitrogen and oxygen atoms in total. The number of aliphatic hydroxyl groups is 1. The molecule has 0 aliphatic carbocycles. The predicted octanol–water partition coefficient (Wildman–Crippen LogP) is 1.13. The van der Waals surface area contributed by atoms with E-state index in [9.17, 15) is 13.5 Å². The lowest BCUT2D eigenvalue weighted by molar-refractivity contribution is 0.0679. The maximum Gasteiger partial charge on any atom is 0.241 e. The molecule has 0 bridgehead atoms. The highest BCUT2D eigenvalue weighted by molar-refractivity contribution is 7.89. The highest BCUT2D eigenvalue weighted by Crippen LogP contribution is 2.22. The number of aliphatic hydroxyl groups excluding tert-OH is 1. The molecule has 0 fully saturated rings. The molecule has 0 aromatic heterocycles. The molecule has 2 rings (SSSR count). The minimum absolute atomic E-state index is 0.0814. The molecule has 108 valence electrons. The van der Waals surface area contributed by atoms with Gasteiger partial charge in [-0.2, -0.15) is 0 Å². The second-order valence-electron chi connectivity index (χ2n) is 4.44. The van der Waals surface area contributed by atoms with Gasteiger partial charge in [-0.1, -0.05) is 36.4 Å². The van der Waals surface area contributed by atoms with Gasteiger partial charge in [0.2, 0.25) is 10.0 Å². The largest absolute Gasteiger partial charge is 0.389 e. The number of hydrogen-bond acceptors (Lipinski definition) is 4. The van der Waals surface area contributed by atoms with Crippen molar-refractivity contribution in [2.45, 2.75) is 11.0 Å². The number of benzene rings is 2. The van der Waals surface area contributed by atoms with Gasteiger partial charge in [0.05, 0.1) is 17.6 Å². The van der Waals surface area contributed by atoms with E-state index in [4.69, 9.17) is 4.74 Å². The van der Waals surface area contributed by atoms with Crippen LogP contribution < -0.4 is 4.72 Å². The zero-order valence-corrected chi connectivity index (χ0v) is 11.9. The minimum atomic E-state index is -3.67. The quantitative estimate of drug-likeness (QED) is 0.837. The van der Waals surface area contributed by atoms with Crippen LogP contribution in [0, 0.1) is 0 Å². The normalized spacial score (nSPS) is 13.5. The van der Waals surface area contributed by atoms with Gasteiger partial charge in [-0.05, 0) is 11.5 Å². The molecular formula is C14H17NO4S. The number of hydrogen-bond donors (Lipinski definition) is 2. The van der Waals surface area contributed by atoms with Crippen LogP contribution in [0.25, 0.3) is 10.8 Å². The van der Waals surface area contributed by atoms with Crippen molar-refractivity contribution < 1.29 is 18.3 Å². The van der Waals surface area contributed by atoms with Gasteiger partial charge in [0.15, 0.2) is 0 Å². The van der Waals surface area contributed by atoms with Crippen LogP contribution in [-0.4, -0.2) is 39.9 Å². The van der Waals surface area contributed by atoms with Gasteiger partial charge >= 0.3 is 0 Å².